The quantitative estimate of drug-likeness (QED) is 0.540. The molecule has 2 heterocycles. The van der Waals surface area contributed by atoms with E-state index in [1.165, 1.54) is 0 Å². The van der Waals surface area contributed by atoms with E-state index in [2.05, 4.69) is 20.8 Å². The Hall–Kier alpha value is -2.00. The molecular formula is C14H22N4O5. The van der Waals surface area contributed by atoms with Crippen molar-refractivity contribution in [1.82, 2.24) is 20.8 Å². The normalized spacial score (nSPS) is 18.3. The fourth-order valence-electron chi connectivity index (χ4n) is 2.41. The molecule has 9 nitrogen and oxygen atoms in total. The molecule has 1 aliphatic heterocycles. The van der Waals surface area contributed by atoms with Crippen LogP contribution in [0.2, 0.25) is 0 Å². The van der Waals surface area contributed by atoms with Crippen LogP contribution >= 0.6 is 0 Å². The molecule has 0 radical (unpaired) electrons. The number of carbonyl (C=O) groups is 2. The van der Waals surface area contributed by atoms with E-state index in [1.54, 1.807) is 6.92 Å². The van der Waals surface area contributed by atoms with Gasteiger partial charge in [0.15, 0.2) is 0 Å². The van der Waals surface area contributed by atoms with E-state index in [4.69, 9.17) is 14.6 Å². The van der Waals surface area contributed by atoms with Crippen LogP contribution < -0.4 is 10.6 Å². The van der Waals surface area contributed by atoms with Crippen LogP contribution in [-0.4, -0.2) is 52.0 Å². The molecular weight excluding hydrogens is 304 g/mol. The zero-order valence-corrected chi connectivity index (χ0v) is 13.0. The lowest BCUT2D eigenvalue weighted by molar-refractivity contribution is -0.138. The number of carboxylic acids is 1. The first-order valence-corrected chi connectivity index (χ1v) is 7.68. The molecule has 2 rings (SSSR count). The van der Waals surface area contributed by atoms with Gasteiger partial charge in [0.2, 0.25) is 17.7 Å². The molecule has 9 heteroatoms. The third kappa shape index (κ3) is 4.73. The van der Waals surface area contributed by atoms with E-state index in [9.17, 15) is 9.59 Å². The number of carboxylic acid groups (broad SMARTS) is 1. The third-order valence-electron chi connectivity index (χ3n) is 3.85. The molecule has 128 valence electrons. The van der Waals surface area contributed by atoms with Crippen LogP contribution in [0.1, 0.15) is 49.9 Å². The summed E-state index contributed by atoms with van der Waals surface area (Å²) in [5, 5.41) is 31.6. The Morgan fingerprint density at radius 3 is 2.61 bits per heavy atom. The molecule has 1 amide bonds. The van der Waals surface area contributed by atoms with Gasteiger partial charge in [-0.2, -0.15) is 0 Å². The number of hydrogen-bond acceptors (Lipinski definition) is 7. The minimum absolute atomic E-state index is 0.0463. The molecule has 0 unspecified atom stereocenters. The van der Waals surface area contributed by atoms with Crippen LogP contribution in [0.15, 0.2) is 4.42 Å². The smallest absolute Gasteiger partial charge is 0.305 e. The van der Waals surface area contributed by atoms with Gasteiger partial charge >= 0.3 is 5.97 Å². The van der Waals surface area contributed by atoms with Crippen molar-refractivity contribution in [2.24, 2.45) is 5.92 Å². The highest BCUT2D eigenvalue weighted by molar-refractivity contribution is 5.80. The summed E-state index contributed by atoms with van der Waals surface area (Å²) in [5.41, 5.74) is 0. The molecule has 0 aromatic carbocycles. The molecule has 2 atom stereocenters. The lowest BCUT2D eigenvalue weighted by Gasteiger charge is -2.23. The van der Waals surface area contributed by atoms with Gasteiger partial charge in [-0.15, -0.1) is 10.2 Å². The monoisotopic (exact) mass is 326 g/mol. The van der Waals surface area contributed by atoms with E-state index in [0.717, 1.165) is 13.1 Å². The second-order valence-electron chi connectivity index (χ2n) is 5.75. The molecule has 0 aliphatic carbocycles. The van der Waals surface area contributed by atoms with Crippen LogP contribution in [0.3, 0.4) is 0 Å². The zero-order chi connectivity index (χ0) is 16.8. The van der Waals surface area contributed by atoms with Crippen LogP contribution in [-0.2, 0) is 9.59 Å². The topological polar surface area (TPSA) is 138 Å². The van der Waals surface area contributed by atoms with Crippen molar-refractivity contribution >= 4 is 11.9 Å². The fourth-order valence-corrected chi connectivity index (χ4v) is 2.41. The highest BCUT2D eigenvalue weighted by atomic mass is 16.4. The molecule has 0 bridgehead atoms. The summed E-state index contributed by atoms with van der Waals surface area (Å²) in [6.07, 6.45) is 1.08. The number of hydrogen-bond donors (Lipinski definition) is 4. The Balaban J connectivity index is 2.08. The van der Waals surface area contributed by atoms with Gasteiger partial charge in [0, 0.05) is 5.92 Å². The first-order chi connectivity index (χ1) is 11.0. The average Bonchev–Trinajstić information content (AvgIpc) is 3.03. The Kier molecular flexibility index (Phi) is 6.05. The predicted molar refractivity (Wildman–Crippen MR) is 78.5 cm³/mol. The first kappa shape index (κ1) is 17.4. The lowest BCUT2D eigenvalue weighted by atomic mass is 9.96. The van der Waals surface area contributed by atoms with E-state index >= 15 is 0 Å². The van der Waals surface area contributed by atoms with E-state index in [1.807, 2.05) is 0 Å². The van der Waals surface area contributed by atoms with Crippen LogP contribution in [0.5, 0.6) is 0 Å². The SMILES string of the molecule is C[C@@H](CO)c1nnc([C@H](CC(=O)O)NC(=O)C2CCNCC2)o1. The number of carbonyl (C=O) groups excluding carboxylic acids is 1. The van der Waals surface area contributed by atoms with Crippen LogP contribution in [0.4, 0.5) is 0 Å². The summed E-state index contributed by atoms with van der Waals surface area (Å²) >= 11 is 0. The number of rotatable bonds is 7. The van der Waals surface area contributed by atoms with Crippen molar-refractivity contribution in [1.29, 1.82) is 0 Å². The molecule has 4 N–H and O–H groups in total. The van der Waals surface area contributed by atoms with Crippen molar-refractivity contribution in [2.45, 2.75) is 38.1 Å². The standard InChI is InChI=1S/C14H22N4O5/c1-8(7-19)13-17-18-14(23-13)10(6-11(20)21)16-12(22)9-2-4-15-5-3-9/h8-10,15,19H,2-7H2,1H3,(H,16,22)(H,20,21)/t8-,10-/m0/s1. The summed E-state index contributed by atoms with van der Waals surface area (Å²) in [6, 6.07) is -0.873. The number of piperidine rings is 1. The molecule has 23 heavy (non-hydrogen) atoms. The highest BCUT2D eigenvalue weighted by Crippen LogP contribution is 2.21. The van der Waals surface area contributed by atoms with Gasteiger partial charge in [0.25, 0.3) is 0 Å². The predicted octanol–water partition coefficient (Wildman–Crippen LogP) is -0.203. The van der Waals surface area contributed by atoms with Gasteiger partial charge in [-0.25, -0.2) is 0 Å². The number of aliphatic hydroxyl groups excluding tert-OH is 1. The number of aliphatic hydroxyl groups is 1. The van der Waals surface area contributed by atoms with Crippen LogP contribution in [0, 0.1) is 5.92 Å². The van der Waals surface area contributed by atoms with Gasteiger partial charge < -0.3 is 25.3 Å². The minimum atomic E-state index is -1.07. The maximum absolute atomic E-state index is 12.3. The van der Waals surface area contributed by atoms with E-state index in [0.29, 0.717) is 12.8 Å². The van der Waals surface area contributed by atoms with Crippen molar-refractivity contribution in [3.63, 3.8) is 0 Å². The van der Waals surface area contributed by atoms with E-state index < -0.39 is 12.0 Å². The summed E-state index contributed by atoms with van der Waals surface area (Å²) in [6.45, 7) is 3.07. The van der Waals surface area contributed by atoms with Crippen molar-refractivity contribution < 1.29 is 24.2 Å². The minimum Gasteiger partial charge on any atom is -0.481 e. The maximum atomic E-state index is 12.3. The summed E-state index contributed by atoms with van der Waals surface area (Å²) in [5.74, 6) is -1.50. The third-order valence-corrected chi connectivity index (χ3v) is 3.85. The van der Waals surface area contributed by atoms with Gasteiger partial charge in [-0.05, 0) is 25.9 Å². The Bertz CT molecular complexity index is 541. The number of amides is 1. The summed E-state index contributed by atoms with van der Waals surface area (Å²) < 4.78 is 5.41. The fraction of sp³-hybridized carbons (Fsp3) is 0.714. The zero-order valence-electron chi connectivity index (χ0n) is 13.0. The first-order valence-electron chi connectivity index (χ1n) is 7.68. The number of aromatic nitrogens is 2. The van der Waals surface area contributed by atoms with Crippen molar-refractivity contribution in [3.8, 4) is 0 Å². The Labute approximate surface area is 133 Å². The molecule has 1 saturated heterocycles. The van der Waals surface area contributed by atoms with Crippen molar-refractivity contribution in [3.05, 3.63) is 11.8 Å². The number of nitrogens with one attached hydrogen (secondary N) is 2. The largest absolute Gasteiger partial charge is 0.481 e. The summed E-state index contributed by atoms with van der Waals surface area (Å²) in [4.78, 5) is 23.3. The number of nitrogens with zero attached hydrogens (tertiary/aromatic N) is 2. The second kappa shape index (κ2) is 8.02. The van der Waals surface area contributed by atoms with Gasteiger partial charge in [0.1, 0.15) is 6.04 Å². The summed E-state index contributed by atoms with van der Waals surface area (Å²) in [7, 11) is 0. The van der Waals surface area contributed by atoms with Gasteiger partial charge in [-0.3, -0.25) is 9.59 Å². The highest BCUT2D eigenvalue weighted by Gasteiger charge is 2.28. The molecule has 1 aromatic heterocycles. The van der Waals surface area contributed by atoms with Gasteiger partial charge in [-0.1, -0.05) is 6.92 Å². The molecule has 0 spiro atoms. The van der Waals surface area contributed by atoms with Crippen molar-refractivity contribution in [2.75, 3.05) is 19.7 Å². The van der Waals surface area contributed by atoms with E-state index in [-0.39, 0.29) is 42.6 Å². The maximum Gasteiger partial charge on any atom is 0.305 e. The lowest BCUT2D eigenvalue weighted by Crippen LogP contribution is -2.40. The Morgan fingerprint density at radius 1 is 1.35 bits per heavy atom. The van der Waals surface area contributed by atoms with Crippen LogP contribution in [0.25, 0.3) is 0 Å². The Morgan fingerprint density at radius 2 is 2.00 bits per heavy atom. The average molecular weight is 326 g/mol. The second-order valence-corrected chi connectivity index (χ2v) is 5.75. The van der Waals surface area contributed by atoms with Gasteiger partial charge in [0.05, 0.1) is 18.9 Å². The molecule has 1 fully saturated rings. The molecule has 1 aromatic rings. The molecule has 1 aliphatic rings. The molecule has 0 saturated carbocycles. The number of aliphatic carboxylic acids is 1.